The van der Waals surface area contributed by atoms with Gasteiger partial charge in [-0.05, 0) is 43.2 Å². The minimum absolute atomic E-state index is 0.326. The van der Waals surface area contributed by atoms with Gasteiger partial charge in [0.15, 0.2) is 0 Å². The van der Waals surface area contributed by atoms with Crippen LogP contribution in [-0.4, -0.2) is 18.1 Å². The van der Waals surface area contributed by atoms with Crippen molar-refractivity contribution in [2.24, 2.45) is 0 Å². The van der Waals surface area contributed by atoms with E-state index in [-0.39, 0.29) is 0 Å². The third kappa shape index (κ3) is 2.82. The van der Waals surface area contributed by atoms with Crippen LogP contribution >= 0.6 is 0 Å². The molecule has 0 aliphatic carbocycles. The monoisotopic (exact) mass is 269 g/mol. The highest BCUT2D eigenvalue weighted by Gasteiger charge is 2.14. The van der Waals surface area contributed by atoms with E-state index in [0.29, 0.717) is 11.3 Å². The van der Waals surface area contributed by atoms with Crippen molar-refractivity contribution >= 4 is 17.3 Å². The van der Waals surface area contributed by atoms with E-state index in [0.717, 1.165) is 17.7 Å². The quantitative estimate of drug-likeness (QED) is 0.911. The molecular weight excluding hydrogens is 250 g/mol. The number of anilines is 2. The van der Waals surface area contributed by atoms with Crippen LogP contribution in [-0.2, 0) is 6.42 Å². The average molecular weight is 269 g/mol. The largest absolute Gasteiger partial charge is 0.478 e. The van der Waals surface area contributed by atoms with Gasteiger partial charge in [-0.25, -0.2) is 4.79 Å². The third-order valence-corrected chi connectivity index (χ3v) is 3.48. The van der Waals surface area contributed by atoms with E-state index in [9.17, 15) is 9.90 Å². The molecule has 2 rings (SSSR count). The number of carboxylic acid groups (broad SMARTS) is 1. The zero-order chi connectivity index (χ0) is 14.7. The smallest absolute Gasteiger partial charge is 0.337 e. The molecule has 0 aromatic heterocycles. The first-order valence-corrected chi connectivity index (χ1v) is 6.69. The summed E-state index contributed by atoms with van der Waals surface area (Å²) in [5.74, 6) is -0.902. The Balaban J connectivity index is 2.41. The summed E-state index contributed by atoms with van der Waals surface area (Å²) in [6.45, 7) is 4.01. The van der Waals surface area contributed by atoms with Gasteiger partial charge in [0.25, 0.3) is 0 Å². The number of carboxylic acids is 1. The topological polar surface area (TPSA) is 40.5 Å². The third-order valence-electron chi connectivity index (χ3n) is 3.48. The van der Waals surface area contributed by atoms with E-state index < -0.39 is 5.97 Å². The maximum Gasteiger partial charge on any atom is 0.337 e. The Morgan fingerprint density at radius 2 is 1.80 bits per heavy atom. The fraction of sp³-hybridized carbons (Fsp3) is 0.235. The van der Waals surface area contributed by atoms with E-state index in [4.69, 9.17) is 0 Å². The van der Waals surface area contributed by atoms with E-state index in [1.54, 1.807) is 6.07 Å². The van der Waals surface area contributed by atoms with Crippen LogP contribution < -0.4 is 4.90 Å². The number of carbonyl (C=O) groups is 1. The van der Waals surface area contributed by atoms with Crippen molar-refractivity contribution in [2.45, 2.75) is 20.3 Å². The second-order valence-electron chi connectivity index (χ2n) is 4.90. The first-order valence-electron chi connectivity index (χ1n) is 6.69. The summed E-state index contributed by atoms with van der Waals surface area (Å²) >= 11 is 0. The molecule has 0 heterocycles. The number of hydrogen-bond acceptors (Lipinski definition) is 2. The Labute approximate surface area is 119 Å². The molecular formula is C17H19NO2. The Morgan fingerprint density at radius 1 is 1.15 bits per heavy atom. The Hall–Kier alpha value is -2.29. The van der Waals surface area contributed by atoms with Crippen LogP contribution in [0.2, 0.25) is 0 Å². The van der Waals surface area contributed by atoms with Crippen LogP contribution in [0, 0.1) is 6.92 Å². The van der Waals surface area contributed by atoms with Gasteiger partial charge in [0.05, 0.1) is 11.3 Å². The van der Waals surface area contributed by atoms with Crippen molar-refractivity contribution < 1.29 is 9.90 Å². The molecule has 0 saturated carbocycles. The van der Waals surface area contributed by atoms with Gasteiger partial charge in [0.2, 0.25) is 0 Å². The number of aryl methyl sites for hydroxylation is 2. The predicted octanol–water partition coefficient (Wildman–Crippen LogP) is 4.02. The molecule has 2 aromatic carbocycles. The number of nitrogens with zero attached hydrogens (tertiary/aromatic N) is 1. The highest BCUT2D eigenvalue weighted by molar-refractivity contribution is 5.95. The number of rotatable bonds is 4. The molecule has 0 spiro atoms. The van der Waals surface area contributed by atoms with Gasteiger partial charge < -0.3 is 10.0 Å². The molecule has 0 unspecified atom stereocenters. The van der Waals surface area contributed by atoms with Crippen molar-refractivity contribution in [1.29, 1.82) is 0 Å². The van der Waals surface area contributed by atoms with Gasteiger partial charge >= 0.3 is 5.97 Å². The Kier molecular flexibility index (Phi) is 4.08. The first-order chi connectivity index (χ1) is 9.52. The average Bonchev–Trinajstić information content (AvgIpc) is 2.46. The van der Waals surface area contributed by atoms with Crippen molar-refractivity contribution in [2.75, 3.05) is 11.9 Å². The van der Waals surface area contributed by atoms with Gasteiger partial charge in [0, 0.05) is 12.7 Å². The Morgan fingerprint density at radius 3 is 2.35 bits per heavy atom. The van der Waals surface area contributed by atoms with Crippen LogP contribution in [0.3, 0.4) is 0 Å². The second-order valence-corrected chi connectivity index (χ2v) is 4.90. The highest BCUT2D eigenvalue weighted by atomic mass is 16.4. The first kappa shape index (κ1) is 14.1. The fourth-order valence-electron chi connectivity index (χ4n) is 2.21. The van der Waals surface area contributed by atoms with Gasteiger partial charge in [-0.3, -0.25) is 0 Å². The van der Waals surface area contributed by atoms with E-state index in [1.165, 1.54) is 5.56 Å². The second kappa shape index (κ2) is 5.78. The lowest BCUT2D eigenvalue weighted by molar-refractivity contribution is 0.0697. The van der Waals surface area contributed by atoms with Crippen LogP contribution in [0.1, 0.15) is 28.4 Å². The number of aromatic carboxylic acids is 1. The molecule has 0 radical (unpaired) electrons. The summed E-state index contributed by atoms with van der Waals surface area (Å²) in [4.78, 5) is 13.3. The van der Waals surface area contributed by atoms with E-state index in [2.05, 4.69) is 19.1 Å². The van der Waals surface area contributed by atoms with Gasteiger partial charge in [-0.15, -0.1) is 0 Å². The number of hydrogen-bond donors (Lipinski definition) is 1. The molecule has 3 nitrogen and oxygen atoms in total. The zero-order valence-electron chi connectivity index (χ0n) is 12.1. The van der Waals surface area contributed by atoms with E-state index in [1.807, 2.05) is 43.1 Å². The predicted molar refractivity (Wildman–Crippen MR) is 82.0 cm³/mol. The molecule has 1 N–H and O–H groups in total. The molecule has 2 aromatic rings. The lowest BCUT2D eigenvalue weighted by Crippen LogP contribution is -2.14. The van der Waals surface area contributed by atoms with Crippen molar-refractivity contribution in [3.8, 4) is 0 Å². The summed E-state index contributed by atoms with van der Waals surface area (Å²) in [6, 6.07) is 13.7. The van der Waals surface area contributed by atoms with Crippen molar-refractivity contribution in [3.63, 3.8) is 0 Å². The fourth-order valence-corrected chi connectivity index (χ4v) is 2.21. The van der Waals surface area contributed by atoms with Crippen LogP contribution in [0.15, 0.2) is 42.5 Å². The molecule has 0 bridgehead atoms. The normalized spacial score (nSPS) is 10.3. The summed E-state index contributed by atoms with van der Waals surface area (Å²) in [6.07, 6.45) is 0.995. The standard InChI is InChI=1S/C17H19NO2/c1-4-13-6-8-14(9-7-13)18(3)16-10-5-12(2)11-15(16)17(19)20/h5-11H,4H2,1-3H3,(H,19,20). The zero-order valence-corrected chi connectivity index (χ0v) is 12.1. The maximum atomic E-state index is 11.4. The minimum Gasteiger partial charge on any atom is -0.478 e. The van der Waals surface area contributed by atoms with Crippen LogP contribution in [0.4, 0.5) is 11.4 Å². The lowest BCUT2D eigenvalue weighted by atomic mass is 10.1. The van der Waals surface area contributed by atoms with Gasteiger partial charge in [-0.2, -0.15) is 0 Å². The van der Waals surface area contributed by atoms with Gasteiger partial charge in [-0.1, -0.05) is 30.7 Å². The summed E-state index contributed by atoms with van der Waals surface area (Å²) in [7, 11) is 1.89. The molecule has 0 fully saturated rings. The van der Waals surface area contributed by atoms with Crippen molar-refractivity contribution in [1.82, 2.24) is 0 Å². The molecule has 104 valence electrons. The molecule has 20 heavy (non-hydrogen) atoms. The summed E-state index contributed by atoms with van der Waals surface area (Å²) in [5, 5.41) is 9.34. The van der Waals surface area contributed by atoms with Crippen LogP contribution in [0.5, 0.6) is 0 Å². The SMILES string of the molecule is CCc1ccc(N(C)c2ccc(C)cc2C(=O)O)cc1. The van der Waals surface area contributed by atoms with Crippen molar-refractivity contribution in [3.05, 3.63) is 59.2 Å². The van der Waals surface area contributed by atoms with Crippen LogP contribution in [0.25, 0.3) is 0 Å². The molecule has 0 saturated heterocycles. The maximum absolute atomic E-state index is 11.4. The van der Waals surface area contributed by atoms with E-state index >= 15 is 0 Å². The van der Waals surface area contributed by atoms with Gasteiger partial charge in [0.1, 0.15) is 0 Å². The number of benzene rings is 2. The lowest BCUT2D eigenvalue weighted by Gasteiger charge is -2.22. The molecule has 0 atom stereocenters. The minimum atomic E-state index is -0.902. The molecule has 0 amide bonds. The highest BCUT2D eigenvalue weighted by Crippen LogP contribution is 2.28. The summed E-state index contributed by atoms with van der Waals surface area (Å²) < 4.78 is 0. The Bertz CT molecular complexity index is 617. The molecule has 0 aliphatic heterocycles. The molecule has 0 aliphatic rings. The summed E-state index contributed by atoms with van der Waals surface area (Å²) in [5.41, 5.74) is 4.22. The molecule has 3 heteroatoms.